The van der Waals surface area contributed by atoms with Crippen LogP contribution >= 0.6 is 0 Å². The summed E-state index contributed by atoms with van der Waals surface area (Å²) < 4.78 is 0. The lowest BCUT2D eigenvalue weighted by Crippen LogP contribution is -2.47. The number of carboxylic acids is 2. The highest BCUT2D eigenvalue weighted by Gasteiger charge is 2.20. The Kier molecular flexibility index (Phi) is 5.91. The summed E-state index contributed by atoms with van der Waals surface area (Å²) in [6.07, 6.45) is 0.680. The highest BCUT2D eigenvalue weighted by molar-refractivity contribution is 5.84. The molecule has 2 amide bonds. The number of hydrogen-bond donors (Lipinski definition) is 3. The lowest BCUT2D eigenvalue weighted by atomic mass is 10.3. The largest absolute Gasteiger partial charge is 0.480 e. The van der Waals surface area contributed by atoms with E-state index in [0.29, 0.717) is 6.42 Å². The van der Waals surface area contributed by atoms with Gasteiger partial charge < -0.3 is 20.4 Å². The van der Waals surface area contributed by atoms with Crippen LogP contribution in [0, 0.1) is 0 Å². The molecular formula is C9H16N2O5. The van der Waals surface area contributed by atoms with E-state index in [9.17, 15) is 14.4 Å². The first-order valence-corrected chi connectivity index (χ1v) is 4.85. The van der Waals surface area contributed by atoms with Crippen molar-refractivity contribution in [1.29, 1.82) is 0 Å². The summed E-state index contributed by atoms with van der Waals surface area (Å²) in [4.78, 5) is 33.1. The Morgan fingerprint density at radius 1 is 1.19 bits per heavy atom. The fourth-order valence-electron chi connectivity index (χ4n) is 0.930. The van der Waals surface area contributed by atoms with Crippen molar-refractivity contribution in [3.8, 4) is 0 Å². The van der Waals surface area contributed by atoms with Gasteiger partial charge in [-0.15, -0.1) is 0 Å². The summed E-state index contributed by atoms with van der Waals surface area (Å²) in [5.74, 6) is -2.50. The standard InChI is InChI=1S/C9H16N2O5/c1-3-6(2)10-9(16)11(4-7(12)13)5-8(14)15/h6H,3-5H2,1-2H3,(H,10,16)(H,12,13)(H,14,15). The molecule has 7 nitrogen and oxygen atoms in total. The average Bonchev–Trinajstić information content (AvgIpc) is 2.15. The van der Waals surface area contributed by atoms with Crippen molar-refractivity contribution in [3.05, 3.63) is 0 Å². The summed E-state index contributed by atoms with van der Waals surface area (Å²) in [6, 6.07) is -0.809. The zero-order valence-electron chi connectivity index (χ0n) is 9.27. The number of carbonyl (C=O) groups is 3. The number of hydrogen-bond acceptors (Lipinski definition) is 3. The molecule has 0 aliphatic rings. The first-order valence-electron chi connectivity index (χ1n) is 4.85. The van der Waals surface area contributed by atoms with Crippen LogP contribution in [0.4, 0.5) is 4.79 Å². The Morgan fingerprint density at radius 3 is 1.94 bits per heavy atom. The Bertz CT molecular complexity index is 263. The molecule has 0 radical (unpaired) electrons. The van der Waals surface area contributed by atoms with Gasteiger partial charge >= 0.3 is 18.0 Å². The highest BCUT2D eigenvalue weighted by Crippen LogP contribution is 1.94. The monoisotopic (exact) mass is 232 g/mol. The molecule has 1 unspecified atom stereocenters. The van der Waals surface area contributed by atoms with Crippen molar-refractivity contribution < 1.29 is 24.6 Å². The Balaban J connectivity index is 4.42. The highest BCUT2D eigenvalue weighted by atomic mass is 16.4. The van der Waals surface area contributed by atoms with Crippen LogP contribution in [0.3, 0.4) is 0 Å². The van der Waals surface area contributed by atoms with Crippen LogP contribution in [0.2, 0.25) is 0 Å². The van der Waals surface area contributed by atoms with Gasteiger partial charge in [-0.3, -0.25) is 9.59 Å². The number of rotatable bonds is 6. The third-order valence-corrected chi connectivity index (χ3v) is 1.92. The first kappa shape index (κ1) is 14.2. The van der Waals surface area contributed by atoms with Gasteiger partial charge in [-0.2, -0.15) is 0 Å². The molecule has 0 saturated heterocycles. The molecule has 0 aliphatic carbocycles. The van der Waals surface area contributed by atoms with E-state index in [4.69, 9.17) is 10.2 Å². The lowest BCUT2D eigenvalue weighted by Gasteiger charge is -2.21. The van der Waals surface area contributed by atoms with Crippen molar-refractivity contribution in [1.82, 2.24) is 10.2 Å². The smallest absolute Gasteiger partial charge is 0.323 e. The Morgan fingerprint density at radius 2 is 1.62 bits per heavy atom. The van der Waals surface area contributed by atoms with Crippen molar-refractivity contribution in [2.24, 2.45) is 0 Å². The van der Waals surface area contributed by atoms with Crippen LogP contribution in [0.25, 0.3) is 0 Å². The van der Waals surface area contributed by atoms with E-state index in [0.717, 1.165) is 4.90 Å². The normalized spacial score (nSPS) is 11.6. The number of urea groups is 1. The number of nitrogens with one attached hydrogen (secondary N) is 1. The van der Waals surface area contributed by atoms with Crippen molar-refractivity contribution in [2.75, 3.05) is 13.1 Å². The quantitative estimate of drug-likeness (QED) is 0.596. The summed E-state index contributed by atoms with van der Waals surface area (Å²) in [5.41, 5.74) is 0. The molecule has 0 fully saturated rings. The van der Waals surface area contributed by atoms with Gasteiger partial charge in [0.05, 0.1) is 0 Å². The van der Waals surface area contributed by atoms with Crippen LogP contribution in [0.15, 0.2) is 0 Å². The van der Waals surface area contributed by atoms with E-state index in [2.05, 4.69) is 5.32 Å². The van der Waals surface area contributed by atoms with Gasteiger partial charge in [-0.25, -0.2) is 4.79 Å². The molecule has 0 aromatic rings. The van der Waals surface area contributed by atoms with Gasteiger partial charge in [-0.1, -0.05) is 6.92 Å². The topological polar surface area (TPSA) is 107 Å². The number of nitrogens with zero attached hydrogens (tertiary/aromatic N) is 1. The molecule has 0 spiro atoms. The van der Waals surface area contributed by atoms with Gasteiger partial charge in [0, 0.05) is 6.04 Å². The van der Waals surface area contributed by atoms with Crippen LogP contribution in [0.1, 0.15) is 20.3 Å². The fraction of sp³-hybridized carbons (Fsp3) is 0.667. The Labute approximate surface area is 93.0 Å². The SMILES string of the molecule is CCC(C)NC(=O)N(CC(=O)O)CC(=O)O. The number of carboxylic acid groups (broad SMARTS) is 2. The van der Waals surface area contributed by atoms with Crippen LogP contribution in [-0.4, -0.2) is 52.2 Å². The molecule has 16 heavy (non-hydrogen) atoms. The van der Waals surface area contributed by atoms with E-state index in [-0.39, 0.29) is 6.04 Å². The predicted molar refractivity (Wildman–Crippen MR) is 55.1 cm³/mol. The summed E-state index contributed by atoms with van der Waals surface area (Å²) in [6.45, 7) is 2.34. The third kappa shape index (κ3) is 5.84. The van der Waals surface area contributed by atoms with Gasteiger partial charge in [0.15, 0.2) is 0 Å². The molecular weight excluding hydrogens is 216 g/mol. The summed E-state index contributed by atoms with van der Waals surface area (Å²) in [5, 5.41) is 19.5. The van der Waals surface area contributed by atoms with Gasteiger partial charge in [-0.05, 0) is 13.3 Å². The van der Waals surface area contributed by atoms with Crippen LogP contribution in [0.5, 0.6) is 0 Å². The minimum atomic E-state index is -1.25. The van der Waals surface area contributed by atoms with E-state index in [1.54, 1.807) is 6.92 Å². The van der Waals surface area contributed by atoms with E-state index < -0.39 is 31.1 Å². The molecule has 0 aromatic heterocycles. The maximum atomic E-state index is 11.5. The van der Waals surface area contributed by atoms with E-state index in [1.807, 2.05) is 6.92 Å². The molecule has 0 rings (SSSR count). The van der Waals surface area contributed by atoms with Crippen molar-refractivity contribution >= 4 is 18.0 Å². The maximum Gasteiger partial charge on any atom is 0.323 e. The maximum absolute atomic E-state index is 11.5. The van der Waals surface area contributed by atoms with Gasteiger partial charge in [0.2, 0.25) is 0 Å². The van der Waals surface area contributed by atoms with Gasteiger partial charge in [0.1, 0.15) is 13.1 Å². The number of amides is 2. The third-order valence-electron chi connectivity index (χ3n) is 1.92. The zero-order valence-corrected chi connectivity index (χ0v) is 9.27. The summed E-state index contributed by atoms with van der Waals surface area (Å²) >= 11 is 0. The van der Waals surface area contributed by atoms with Crippen molar-refractivity contribution in [3.63, 3.8) is 0 Å². The minimum absolute atomic E-state index is 0.127. The zero-order chi connectivity index (χ0) is 12.7. The van der Waals surface area contributed by atoms with Crippen LogP contribution in [-0.2, 0) is 9.59 Å². The molecule has 0 bridgehead atoms. The molecule has 1 atom stereocenters. The number of aliphatic carboxylic acids is 2. The first-order chi connectivity index (χ1) is 7.36. The molecule has 0 aliphatic heterocycles. The van der Waals surface area contributed by atoms with E-state index in [1.165, 1.54) is 0 Å². The fourth-order valence-corrected chi connectivity index (χ4v) is 0.930. The van der Waals surface area contributed by atoms with E-state index >= 15 is 0 Å². The van der Waals surface area contributed by atoms with Crippen LogP contribution < -0.4 is 5.32 Å². The predicted octanol–water partition coefficient (Wildman–Crippen LogP) is -0.0343. The Hall–Kier alpha value is -1.79. The number of carbonyl (C=O) groups excluding carboxylic acids is 1. The molecule has 92 valence electrons. The second-order valence-corrected chi connectivity index (χ2v) is 3.40. The second-order valence-electron chi connectivity index (χ2n) is 3.40. The lowest BCUT2D eigenvalue weighted by molar-refractivity contribution is -0.140. The summed E-state index contributed by atoms with van der Waals surface area (Å²) in [7, 11) is 0. The van der Waals surface area contributed by atoms with Gasteiger partial charge in [0.25, 0.3) is 0 Å². The molecule has 7 heteroatoms. The minimum Gasteiger partial charge on any atom is -0.480 e. The molecule has 3 N–H and O–H groups in total. The molecule has 0 saturated carbocycles. The average molecular weight is 232 g/mol. The molecule has 0 aromatic carbocycles. The molecule has 0 heterocycles. The second kappa shape index (κ2) is 6.65. The van der Waals surface area contributed by atoms with Crippen molar-refractivity contribution in [2.45, 2.75) is 26.3 Å².